The summed E-state index contributed by atoms with van der Waals surface area (Å²) in [6.07, 6.45) is 1.06. The van der Waals surface area contributed by atoms with E-state index in [0.717, 1.165) is 12.3 Å². The molecule has 1 aromatic rings. The molecule has 0 saturated carbocycles. The molecule has 0 aliphatic heterocycles. The van der Waals surface area contributed by atoms with Gasteiger partial charge in [-0.25, -0.2) is 0 Å². The molecule has 0 aromatic carbocycles. The quantitative estimate of drug-likeness (QED) is 0.728. The number of aromatic nitrogens is 2. The summed E-state index contributed by atoms with van der Waals surface area (Å²) in [6.45, 7) is 5.54. The molecule has 1 amide bonds. The first-order chi connectivity index (χ1) is 6.38. The SMILES string of the molecule is CC(C)(C)NC(=O)c1cc([O])cnn1. The highest BCUT2D eigenvalue weighted by Crippen LogP contribution is 2.08. The summed E-state index contributed by atoms with van der Waals surface area (Å²) in [7, 11) is 0. The summed E-state index contributed by atoms with van der Waals surface area (Å²) in [5.41, 5.74) is -0.301. The predicted octanol–water partition coefficient (Wildman–Crippen LogP) is 1.15. The van der Waals surface area contributed by atoms with Crippen molar-refractivity contribution in [3.63, 3.8) is 0 Å². The third-order valence-corrected chi connectivity index (χ3v) is 1.35. The van der Waals surface area contributed by atoms with Crippen molar-refractivity contribution in [1.29, 1.82) is 0 Å². The topological polar surface area (TPSA) is 74.8 Å². The molecule has 0 unspecified atom stereocenters. The number of rotatable bonds is 1. The minimum absolute atomic E-state index is 0.0485. The number of nitrogens with one attached hydrogen (secondary N) is 1. The molecule has 14 heavy (non-hydrogen) atoms. The lowest BCUT2D eigenvalue weighted by molar-refractivity contribution is 0.0912. The third-order valence-electron chi connectivity index (χ3n) is 1.35. The van der Waals surface area contributed by atoms with Gasteiger partial charge in [0.25, 0.3) is 5.91 Å². The van der Waals surface area contributed by atoms with Gasteiger partial charge in [0.2, 0.25) is 5.75 Å². The molecule has 1 aromatic heterocycles. The Morgan fingerprint density at radius 1 is 1.43 bits per heavy atom. The smallest absolute Gasteiger partial charge is 0.272 e. The van der Waals surface area contributed by atoms with Crippen LogP contribution in [0.2, 0.25) is 0 Å². The predicted molar refractivity (Wildman–Crippen MR) is 49.4 cm³/mol. The van der Waals surface area contributed by atoms with Crippen molar-refractivity contribution in [2.45, 2.75) is 26.3 Å². The third kappa shape index (κ3) is 3.01. The van der Waals surface area contributed by atoms with E-state index in [1.54, 1.807) is 0 Å². The van der Waals surface area contributed by atoms with Gasteiger partial charge in [-0.1, -0.05) is 0 Å². The Morgan fingerprint density at radius 2 is 2.07 bits per heavy atom. The zero-order chi connectivity index (χ0) is 10.8. The molecule has 0 spiro atoms. The van der Waals surface area contributed by atoms with E-state index in [1.165, 1.54) is 0 Å². The average Bonchev–Trinajstić information content (AvgIpc) is 2.01. The van der Waals surface area contributed by atoms with Gasteiger partial charge in [-0.3, -0.25) is 9.90 Å². The maximum atomic E-state index is 11.5. The lowest BCUT2D eigenvalue weighted by atomic mass is 10.1. The molecule has 5 heteroatoms. The number of amides is 1. The largest absolute Gasteiger partial charge is 0.346 e. The monoisotopic (exact) mass is 194 g/mol. The fourth-order valence-electron chi connectivity index (χ4n) is 0.864. The van der Waals surface area contributed by atoms with Crippen LogP contribution in [0.15, 0.2) is 12.3 Å². The van der Waals surface area contributed by atoms with Crippen LogP contribution in [0.4, 0.5) is 0 Å². The number of nitrogens with zero attached hydrogens (tertiary/aromatic N) is 2. The Hall–Kier alpha value is -1.65. The number of carbonyl (C=O) groups is 1. The van der Waals surface area contributed by atoms with Gasteiger partial charge in [0.15, 0.2) is 5.69 Å². The van der Waals surface area contributed by atoms with Crippen molar-refractivity contribution >= 4 is 5.91 Å². The van der Waals surface area contributed by atoms with Crippen LogP contribution < -0.4 is 5.32 Å². The molecular weight excluding hydrogens is 182 g/mol. The van der Waals surface area contributed by atoms with E-state index < -0.39 is 0 Å². The summed E-state index contributed by atoms with van der Waals surface area (Å²) < 4.78 is 0. The van der Waals surface area contributed by atoms with Crippen LogP contribution in [0.1, 0.15) is 31.3 Å². The Balaban J connectivity index is 2.80. The van der Waals surface area contributed by atoms with E-state index in [0.29, 0.717) is 0 Å². The zero-order valence-electron chi connectivity index (χ0n) is 8.37. The number of hydrogen-bond donors (Lipinski definition) is 1. The lowest BCUT2D eigenvalue weighted by Crippen LogP contribution is -2.40. The highest BCUT2D eigenvalue weighted by Gasteiger charge is 2.16. The van der Waals surface area contributed by atoms with Gasteiger partial charge in [-0.15, -0.1) is 5.10 Å². The zero-order valence-corrected chi connectivity index (χ0v) is 8.37. The second-order valence-electron chi connectivity index (χ2n) is 3.98. The van der Waals surface area contributed by atoms with Crippen LogP contribution in [0.25, 0.3) is 0 Å². The van der Waals surface area contributed by atoms with Crippen molar-refractivity contribution in [3.8, 4) is 5.75 Å². The molecular formula is C9H12N3O2. The normalized spacial score (nSPS) is 11.1. The molecule has 5 nitrogen and oxygen atoms in total. The first kappa shape index (κ1) is 10.4. The summed E-state index contributed by atoms with van der Waals surface area (Å²) >= 11 is 0. The summed E-state index contributed by atoms with van der Waals surface area (Å²) in [5.74, 6) is -0.707. The fourth-order valence-corrected chi connectivity index (χ4v) is 0.864. The van der Waals surface area contributed by atoms with Gasteiger partial charge >= 0.3 is 0 Å². The van der Waals surface area contributed by atoms with E-state index in [4.69, 9.17) is 0 Å². The van der Waals surface area contributed by atoms with Crippen LogP contribution in [-0.4, -0.2) is 21.6 Å². The maximum Gasteiger partial charge on any atom is 0.272 e. The Morgan fingerprint density at radius 3 is 2.57 bits per heavy atom. The Labute approximate surface area is 82.2 Å². The van der Waals surface area contributed by atoms with E-state index in [9.17, 15) is 9.90 Å². The second-order valence-corrected chi connectivity index (χ2v) is 3.98. The molecule has 1 N–H and O–H groups in total. The van der Waals surface area contributed by atoms with E-state index in [2.05, 4.69) is 15.5 Å². The van der Waals surface area contributed by atoms with Crippen LogP contribution in [-0.2, 0) is 5.11 Å². The first-order valence-corrected chi connectivity index (χ1v) is 4.21. The minimum Gasteiger partial charge on any atom is -0.346 e. The molecule has 0 atom stereocenters. The van der Waals surface area contributed by atoms with E-state index in [-0.39, 0.29) is 22.9 Å². The molecule has 75 valence electrons. The summed E-state index contributed by atoms with van der Waals surface area (Å²) in [5, 5.41) is 20.5. The van der Waals surface area contributed by atoms with Gasteiger partial charge in [0.1, 0.15) is 0 Å². The summed E-state index contributed by atoms with van der Waals surface area (Å²) in [4.78, 5) is 11.5. The maximum absolute atomic E-state index is 11.5. The average molecular weight is 194 g/mol. The molecule has 0 bridgehead atoms. The molecule has 0 aliphatic rings. The molecule has 1 rings (SSSR count). The number of hydrogen-bond acceptors (Lipinski definition) is 3. The van der Waals surface area contributed by atoms with E-state index in [1.807, 2.05) is 20.8 Å². The van der Waals surface area contributed by atoms with Crippen LogP contribution in [0.3, 0.4) is 0 Å². The van der Waals surface area contributed by atoms with Crippen molar-refractivity contribution in [3.05, 3.63) is 18.0 Å². The Kier molecular flexibility index (Phi) is 2.69. The molecule has 0 aliphatic carbocycles. The van der Waals surface area contributed by atoms with E-state index >= 15 is 0 Å². The first-order valence-electron chi connectivity index (χ1n) is 4.21. The minimum atomic E-state index is -0.386. The molecule has 1 radical (unpaired) electrons. The summed E-state index contributed by atoms with van der Waals surface area (Å²) in [6, 6.07) is 1.16. The highest BCUT2D eigenvalue weighted by molar-refractivity contribution is 5.92. The fraction of sp³-hybridized carbons (Fsp3) is 0.444. The van der Waals surface area contributed by atoms with Crippen molar-refractivity contribution in [2.24, 2.45) is 0 Å². The highest BCUT2D eigenvalue weighted by atomic mass is 16.3. The van der Waals surface area contributed by atoms with Gasteiger partial charge < -0.3 is 5.32 Å². The Bertz CT molecular complexity index is 344. The van der Waals surface area contributed by atoms with Crippen molar-refractivity contribution in [2.75, 3.05) is 0 Å². The van der Waals surface area contributed by atoms with Crippen molar-refractivity contribution in [1.82, 2.24) is 15.5 Å². The lowest BCUT2D eigenvalue weighted by Gasteiger charge is -2.19. The van der Waals surface area contributed by atoms with Crippen LogP contribution in [0, 0.1) is 0 Å². The molecule has 0 saturated heterocycles. The van der Waals surface area contributed by atoms with Crippen LogP contribution in [0.5, 0.6) is 5.75 Å². The second kappa shape index (κ2) is 3.61. The van der Waals surface area contributed by atoms with Gasteiger partial charge in [0, 0.05) is 11.6 Å². The van der Waals surface area contributed by atoms with Crippen LogP contribution >= 0.6 is 0 Å². The van der Waals surface area contributed by atoms with Crippen molar-refractivity contribution < 1.29 is 9.90 Å². The number of carbonyl (C=O) groups excluding carboxylic acids is 1. The molecule has 1 heterocycles. The van der Waals surface area contributed by atoms with Gasteiger partial charge in [-0.05, 0) is 20.8 Å². The van der Waals surface area contributed by atoms with Gasteiger partial charge in [-0.2, -0.15) is 5.10 Å². The molecule has 0 fully saturated rings. The van der Waals surface area contributed by atoms with Gasteiger partial charge in [0.05, 0.1) is 6.20 Å². The standard InChI is InChI=1S/C9H12N3O2/c1-9(2,3)11-8(14)7-4-6(13)5-10-12-7/h4-5H,1-3H3,(H,11,14).